The standard InChI is InChI=1S/C30H38N5O3P/c1-19-14-16-35(27(37)18-39-3)28(19)29-32-24-13-10-22(17-25(24)33-29)7-6-21-8-11-23(12-9-21)31-30(38)26-5-4-15-34(26)20(2)36/h8,11,13,17,22,26,28H,1,3-7,9-10,12,14-16,18H2,2H3,(H,31,38)(H,32,33). The zero-order valence-corrected chi connectivity index (χ0v) is 23.6. The number of nitrogens with one attached hydrogen (secondary N) is 2. The van der Waals surface area contributed by atoms with Gasteiger partial charge in [0.05, 0.1) is 16.9 Å². The van der Waals surface area contributed by atoms with E-state index < -0.39 is 0 Å². The van der Waals surface area contributed by atoms with E-state index in [4.69, 9.17) is 4.98 Å². The third-order valence-electron chi connectivity index (χ3n) is 8.31. The number of aromatic nitrogens is 2. The molecule has 2 N–H and O–H groups in total. The lowest BCUT2D eigenvalue weighted by molar-refractivity contribution is -0.136. The van der Waals surface area contributed by atoms with Gasteiger partial charge >= 0.3 is 0 Å². The molecule has 5 rings (SSSR count). The van der Waals surface area contributed by atoms with Gasteiger partial charge in [-0.1, -0.05) is 36.7 Å². The van der Waals surface area contributed by atoms with Gasteiger partial charge in [0.1, 0.15) is 17.9 Å². The Morgan fingerprint density at radius 3 is 2.77 bits per heavy atom. The quantitative estimate of drug-likeness (QED) is 0.386. The highest BCUT2D eigenvalue weighted by molar-refractivity contribution is 7.37. The Labute approximate surface area is 231 Å². The van der Waals surface area contributed by atoms with Crippen LogP contribution >= 0.6 is 8.20 Å². The average molecular weight is 548 g/mol. The minimum atomic E-state index is -0.344. The molecule has 0 saturated carbocycles. The van der Waals surface area contributed by atoms with Crippen LogP contribution in [-0.2, 0) is 14.4 Å². The second-order valence-corrected chi connectivity index (χ2v) is 11.7. The predicted molar refractivity (Wildman–Crippen MR) is 155 cm³/mol. The predicted octanol–water partition coefficient (Wildman–Crippen LogP) is 2.71. The Hall–Kier alpha value is -3.25. The highest BCUT2D eigenvalue weighted by atomic mass is 31.1. The smallest absolute Gasteiger partial charge is 0.246 e. The molecule has 3 heterocycles. The lowest BCUT2D eigenvalue weighted by Crippen LogP contribution is -2.44. The van der Waals surface area contributed by atoms with Crippen LogP contribution in [0.25, 0.3) is 12.2 Å². The maximum absolute atomic E-state index is 12.7. The first-order chi connectivity index (χ1) is 18.8. The van der Waals surface area contributed by atoms with Crippen molar-refractivity contribution in [3.05, 3.63) is 52.1 Å². The van der Waals surface area contributed by atoms with Gasteiger partial charge in [-0.25, -0.2) is 4.98 Å². The minimum Gasteiger partial charge on any atom is -0.340 e. The molecule has 8 nitrogen and oxygen atoms in total. The summed E-state index contributed by atoms with van der Waals surface area (Å²) in [5.41, 5.74) is 3.35. The normalized spacial score (nSPS) is 24.5. The number of allylic oxidation sites excluding steroid dienone is 4. The van der Waals surface area contributed by atoms with Gasteiger partial charge in [0.2, 0.25) is 17.7 Å². The number of amides is 3. The molecule has 39 heavy (non-hydrogen) atoms. The van der Waals surface area contributed by atoms with Crippen molar-refractivity contribution >= 4 is 44.4 Å². The molecular weight excluding hydrogens is 509 g/mol. The molecule has 3 unspecified atom stereocenters. The zero-order chi connectivity index (χ0) is 27.5. The minimum absolute atomic E-state index is 0.0340. The van der Waals surface area contributed by atoms with E-state index in [1.165, 1.54) is 12.5 Å². The van der Waals surface area contributed by atoms with Crippen LogP contribution in [0.15, 0.2) is 35.6 Å². The molecule has 4 aliphatic rings. The molecule has 0 radical (unpaired) electrons. The number of H-pyrrole nitrogens is 1. The molecule has 2 saturated heterocycles. The molecule has 3 atom stereocenters. The first-order valence-electron chi connectivity index (χ1n) is 14.0. The molecule has 2 aliphatic carbocycles. The maximum Gasteiger partial charge on any atom is 0.246 e. The molecule has 206 valence electrons. The molecule has 0 bridgehead atoms. The molecule has 0 spiro atoms. The van der Waals surface area contributed by atoms with Crippen LogP contribution in [0, 0.1) is 5.92 Å². The number of carbonyl (C=O) groups is 3. The summed E-state index contributed by atoms with van der Waals surface area (Å²) in [6, 6.07) is -0.526. The number of rotatable bonds is 8. The van der Waals surface area contributed by atoms with Crippen molar-refractivity contribution < 1.29 is 14.4 Å². The van der Waals surface area contributed by atoms with E-state index in [0.717, 1.165) is 87.4 Å². The van der Waals surface area contributed by atoms with Crippen LogP contribution in [0.1, 0.15) is 70.2 Å². The van der Waals surface area contributed by atoms with Crippen LogP contribution in [-0.4, -0.2) is 69.1 Å². The van der Waals surface area contributed by atoms with Crippen LogP contribution < -0.4 is 16.0 Å². The van der Waals surface area contributed by atoms with E-state index in [2.05, 4.69) is 41.4 Å². The van der Waals surface area contributed by atoms with Crippen LogP contribution in [0.5, 0.6) is 0 Å². The SMILES string of the molecule is C=PCC(=O)N1CCC(=C)C1c1nc2c([nH]1)=CC(CCC1=CC=C(NC(=O)C3CCCN3C(C)=O)CC1)CC=2. The van der Waals surface area contributed by atoms with Crippen LogP contribution in [0.2, 0.25) is 0 Å². The van der Waals surface area contributed by atoms with E-state index in [0.29, 0.717) is 25.2 Å². The molecule has 9 heteroatoms. The molecule has 0 aromatic carbocycles. The lowest BCUT2D eigenvalue weighted by Gasteiger charge is -2.24. The Morgan fingerprint density at radius 2 is 2.03 bits per heavy atom. The van der Waals surface area contributed by atoms with E-state index in [1.807, 2.05) is 11.0 Å². The lowest BCUT2D eigenvalue weighted by atomic mass is 9.90. The number of nitrogens with zero attached hydrogens (tertiary/aromatic N) is 3. The summed E-state index contributed by atoms with van der Waals surface area (Å²) in [6.07, 6.45) is 20.0. The molecule has 2 fully saturated rings. The van der Waals surface area contributed by atoms with Gasteiger partial charge in [-0.3, -0.25) is 14.4 Å². The zero-order valence-electron chi connectivity index (χ0n) is 22.7. The summed E-state index contributed by atoms with van der Waals surface area (Å²) in [5, 5.41) is 5.06. The molecule has 3 amide bonds. The Morgan fingerprint density at radius 1 is 1.18 bits per heavy atom. The summed E-state index contributed by atoms with van der Waals surface area (Å²) >= 11 is 0. The first kappa shape index (κ1) is 27.3. The van der Waals surface area contributed by atoms with Gasteiger partial charge in [0.25, 0.3) is 0 Å². The fourth-order valence-corrected chi connectivity index (χ4v) is 6.54. The third kappa shape index (κ3) is 6.01. The summed E-state index contributed by atoms with van der Waals surface area (Å²) in [4.78, 5) is 49.0. The van der Waals surface area contributed by atoms with Gasteiger partial charge in [-0.2, -0.15) is 0 Å². The van der Waals surface area contributed by atoms with E-state index in [-0.39, 0.29) is 29.8 Å². The third-order valence-corrected chi connectivity index (χ3v) is 8.80. The number of fused-ring (bicyclic) bond motifs is 1. The summed E-state index contributed by atoms with van der Waals surface area (Å²) in [5.74, 6) is 1.23. The highest BCUT2D eigenvalue weighted by Gasteiger charge is 2.35. The summed E-state index contributed by atoms with van der Waals surface area (Å²) < 4.78 is 0. The number of hydrogen-bond acceptors (Lipinski definition) is 4. The molecule has 2 aliphatic heterocycles. The van der Waals surface area contributed by atoms with E-state index in [9.17, 15) is 14.4 Å². The van der Waals surface area contributed by atoms with Gasteiger partial charge in [-0.05, 0) is 68.9 Å². The van der Waals surface area contributed by atoms with Crippen LogP contribution in [0.4, 0.5) is 0 Å². The fraction of sp³-hybridized carbons (Fsp3) is 0.500. The molecule has 1 aromatic rings. The largest absolute Gasteiger partial charge is 0.340 e. The van der Waals surface area contributed by atoms with Gasteiger partial charge in [-0.15, -0.1) is 8.20 Å². The van der Waals surface area contributed by atoms with Crippen molar-refractivity contribution in [2.75, 3.05) is 19.3 Å². The topological polar surface area (TPSA) is 98.4 Å². The molecule has 1 aromatic heterocycles. The van der Waals surface area contributed by atoms with Crippen molar-refractivity contribution in [2.24, 2.45) is 5.92 Å². The van der Waals surface area contributed by atoms with Crippen molar-refractivity contribution in [1.29, 1.82) is 0 Å². The number of carbonyl (C=O) groups excluding carboxylic acids is 3. The Balaban J connectivity index is 1.18. The van der Waals surface area contributed by atoms with Crippen molar-refractivity contribution in [1.82, 2.24) is 25.1 Å². The van der Waals surface area contributed by atoms with Gasteiger partial charge in [0.15, 0.2) is 0 Å². The maximum atomic E-state index is 12.7. The highest BCUT2D eigenvalue weighted by Crippen LogP contribution is 2.34. The van der Waals surface area contributed by atoms with Crippen LogP contribution in [0.3, 0.4) is 0 Å². The Kier molecular flexibility index (Phi) is 8.31. The Bertz CT molecular complexity index is 1370. The van der Waals surface area contributed by atoms with E-state index in [1.54, 1.807) is 4.90 Å². The monoisotopic (exact) mass is 547 g/mol. The number of aromatic amines is 1. The van der Waals surface area contributed by atoms with Crippen molar-refractivity contribution in [2.45, 2.75) is 70.4 Å². The van der Waals surface area contributed by atoms with E-state index >= 15 is 0 Å². The van der Waals surface area contributed by atoms with Crippen molar-refractivity contribution in [3.8, 4) is 0 Å². The fourth-order valence-electron chi connectivity index (χ4n) is 6.17. The van der Waals surface area contributed by atoms with Gasteiger partial charge in [0, 0.05) is 25.7 Å². The first-order valence-corrected chi connectivity index (χ1v) is 15.2. The number of hydrogen-bond donors (Lipinski definition) is 2. The number of imidazole rings is 1. The average Bonchev–Trinajstić information content (AvgIpc) is 3.66. The number of likely N-dealkylation sites (tertiary alicyclic amines) is 2. The molecular formula is C30H38N5O3P. The second-order valence-electron chi connectivity index (χ2n) is 11.0. The van der Waals surface area contributed by atoms with Crippen molar-refractivity contribution in [3.63, 3.8) is 0 Å². The summed E-state index contributed by atoms with van der Waals surface area (Å²) in [7, 11) is 0.826. The van der Waals surface area contributed by atoms with Gasteiger partial charge < -0.3 is 20.1 Å². The second kappa shape index (κ2) is 11.9. The summed E-state index contributed by atoms with van der Waals surface area (Å²) in [6.45, 7) is 7.10.